The zero-order valence-electron chi connectivity index (χ0n) is 10.7. The van der Waals surface area contributed by atoms with Gasteiger partial charge in [0.05, 0.1) is 12.7 Å². The molecule has 4 atom stereocenters. The van der Waals surface area contributed by atoms with Gasteiger partial charge in [-0.1, -0.05) is 0 Å². The number of ether oxygens (including phenoxy) is 4. The highest BCUT2D eigenvalue weighted by Crippen LogP contribution is 2.52. The Kier molecular flexibility index (Phi) is 2.25. The number of aliphatic hydroxyl groups is 1. The lowest BCUT2D eigenvalue weighted by Crippen LogP contribution is -2.44. The lowest BCUT2D eigenvalue weighted by atomic mass is 10.0. The first-order chi connectivity index (χ1) is 7.77. The smallest absolute Gasteiger partial charge is 0.164 e. The van der Waals surface area contributed by atoms with Gasteiger partial charge in [-0.2, -0.15) is 0 Å². The highest BCUT2D eigenvalue weighted by molar-refractivity contribution is 5.12. The van der Waals surface area contributed by atoms with Crippen LogP contribution in [0.3, 0.4) is 0 Å². The average molecular weight is 244 g/mol. The second-order valence-corrected chi connectivity index (χ2v) is 6.11. The van der Waals surface area contributed by atoms with Crippen molar-refractivity contribution in [3.63, 3.8) is 0 Å². The van der Waals surface area contributed by atoms with Crippen LogP contribution in [0.25, 0.3) is 0 Å². The minimum atomic E-state index is -0.672. The van der Waals surface area contributed by atoms with Crippen molar-refractivity contribution >= 4 is 0 Å². The molecule has 5 heteroatoms. The molecule has 3 rings (SSSR count). The molecule has 0 amide bonds. The van der Waals surface area contributed by atoms with E-state index in [4.69, 9.17) is 18.9 Å². The standard InChI is InChI=1S/C12H20O5/c1-10(2)14-7-5-12(6-13)9(8(7)15-10)16-11(3,4)17-12/h7-9,13H,5-6H2,1-4H3/t7-,8-,9+,12+/m1/s1. The van der Waals surface area contributed by atoms with E-state index in [0.29, 0.717) is 6.42 Å². The van der Waals surface area contributed by atoms with Gasteiger partial charge < -0.3 is 24.1 Å². The molecular weight excluding hydrogens is 224 g/mol. The second kappa shape index (κ2) is 3.22. The van der Waals surface area contributed by atoms with Gasteiger partial charge in [-0.3, -0.25) is 0 Å². The van der Waals surface area contributed by atoms with Crippen LogP contribution in [0.4, 0.5) is 0 Å². The van der Waals surface area contributed by atoms with Crippen LogP contribution in [0.2, 0.25) is 0 Å². The summed E-state index contributed by atoms with van der Waals surface area (Å²) in [6.07, 6.45) is 0.151. The topological polar surface area (TPSA) is 57.2 Å². The molecule has 0 aromatic heterocycles. The van der Waals surface area contributed by atoms with E-state index < -0.39 is 17.2 Å². The summed E-state index contributed by atoms with van der Waals surface area (Å²) in [5, 5.41) is 9.63. The Morgan fingerprint density at radius 3 is 2.41 bits per heavy atom. The van der Waals surface area contributed by atoms with Crippen molar-refractivity contribution in [3.8, 4) is 0 Å². The third kappa shape index (κ3) is 1.64. The number of fused-ring (bicyclic) bond motifs is 3. The van der Waals surface area contributed by atoms with Crippen LogP contribution in [-0.4, -0.2) is 47.2 Å². The number of hydrogen-bond donors (Lipinski definition) is 1. The molecule has 1 aliphatic carbocycles. The SMILES string of the molecule is CC1(C)O[C@@H]2[C@@H](C[C@@]3(CO)OC(C)(C)O[C@@H]23)O1. The molecule has 1 N–H and O–H groups in total. The summed E-state index contributed by atoms with van der Waals surface area (Å²) in [4.78, 5) is 0. The maximum Gasteiger partial charge on any atom is 0.164 e. The Hall–Kier alpha value is -0.200. The third-order valence-electron chi connectivity index (χ3n) is 3.71. The van der Waals surface area contributed by atoms with Crippen LogP contribution in [0.15, 0.2) is 0 Å². The van der Waals surface area contributed by atoms with Gasteiger partial charge in [-0.25, -0.2) is 0 Å². The van der Waals surface area contributed by atoms with Crippen LogP contribution in [-0.2, 0) is 18.9 Å². The zero-order chi connectivity index (χ0) is 12.5. The van der Waals surface area contributed by atoms with E-state index in [1.54, 1.807) is 0 Å². The van der Waals surface area contributed by atoms with E-state index in [-0.39, 0.29) is 24.9 Å². The fourth-order valence-corrected chi connectivity index (χ4v) is 3.31. The number of rotatable bonds is 1. The zero-order valence-corrected chi connectivity index (χ0v) is 10.7. The Morgan fingerprint density at radius 1 is 1.06 bits per heavy atom. The summed E-state index contributed by atoms with van der Waals surface area (Å²) >= 11 is 0. The van der Waals surface area contributed by atoms with Crippen molar-refractivity contribution in [1.29, 1.82) is 0 Å². The lowest BCUT2D eigenvalue weighted by Gasteiger charge is -2.28. The van der Waals surface area contributed by atoms with E-state index in [2.05, 4.69) is 0 Å². The summed E-state index contributed by atoms with van der Waals surface area (Å²) < 4.78 is 23.4. The number of aliphatic hydroxyl groups excluding tert-OH is 1. The molecule has 2 aliphatic heterocycles. The Morgan fingerprint density at radius 2 is 1.76 bits per heavy atom. The molecule has 5 nitrogen and oxygen atoms in total. The quantitative estimate of drug-likeness (QED) is 0.739. The van der Waals surface area contributed by atoms with E-state index in [1.807, 2.05) is 27.7 Å². The molecule has 17 heavy (non-hydrogen) atoms. The van der Waals surface area contributed by atoms with Crippen molar-refractivity contribution in [2.45, 2.75) is 69.6 Å². The summed E-state index contributed by atoms with van der Waals surface area (Å²) in [5.74, 6) is -1.25. The molecule has 2 heterocycles. The maximum absolute atomic E-state index is 9.63. The highest BCUT2D eigenvalue weighted by atomic mass is 16.8. The Labute approximate surface area is 101 Å². The monoisotopic (exact) mass is 244 g/mol. The fourth-order valence-electron chi connectivity index (χ4n) is 3.31. The highest BCUT2D eigenvalue weighted by Gasteiger charge is 2.67. The van der Waals surface area contributed by atoms with Crippen molar-refractivity contribution < 1.29 is 24.1 Å². The molecule has 0 unspecified atom stereocenters. The van der Waals surface area contributed by atoms with Gasteiger partial charge >= 0.3 is 0 Å². The van der Waals surface area contributed by atoms with Crippen LogP contribution in [0.5, 0.6) is 0 Å². The molecule has 1 saturated carbocycles. The summed E-state index contributed by atoms with van der Waals surface area (Å²) in [7, 11) is 0. The largest absolute Gasteiger partial charge is 0.393 e. The predicted molar refractivity (Wildman–Crippen MR) is 58.3 cm³/mol. The minimum absolute atomic E-state index is 0.0572. The minimum Gasteiger partial charge on any atom is -0.393 e. The number of hydrogen-bond acceptors (Lipinski definition) is 5. The Balaban J connectivity index is 1.88. The van der Waals surface area contributed by atoms with Crippen molar-refractivity contribution in [3.05, 3.63) is 0 Å². The first-order valence-corrected chi connectivity index (χ1v) is 6.11. The normalized spacial score (nSPS) is 50.3. The van der Waals surface area contributed by atoms with Crippen molar-refractivity contribution in [2.24, 2.45) is 0 Å². The van der Waals surface area contributed by atoms with E-state index in [1.165, 1.54) is 0 Å². The van der Waals surface area contributed by atoms with Gasteiger partial charge in [0.25, 0.3) is 0 Å². The van der Waals surface area contributed by atoms with Gasteiger partial charge in [-0.05, 0) is 27.7 Å². The van der Waals surface area contributed by atoms with E-state index in [9.17, 15) is 5.11 Å². The first-order valence-electron chi connectivity index (χ1n) is 6.11. The fraction of sp³-hybridized carbons (Fsp3) is 1.00. The molecule has 3 aliphatic rings. The Bertz CT molecular complexity index is 340. The molecule has 0 spiro atoms. The molecular formula is C12H20O5. The van der Waals surface area contributed by atoms with Gasteiger partial charge in [0, 0.05) is 6.42 Å². The average Bonchev–Trinajstić information content (AvgIpc) is 2.68. The van der Waals surface area contributed by atoms with Gasteiger partial charge in [-0.15, -0.1) is 0 Å². The summed E-state index contributed by atoms with van der Waals surface area (Å²) in [6, 6.07) is 0. The van der Waals surface area contributed by atoms with Crippen LogP contribution in [0, 0.1) is 0 Å². The van der Waals surface area contributed by atoms with Crippen LogP contribution in [0.1, 0.15) is 34.1 Å². The van der Waals surface area contributed by atoms with Crippen molar-refractivity contribution in [2.75, 3.05) is 6.61 Å². The predicted octanol–water partition coefficient (Wildman–Crippen LogP) is 0.793. The summed E-state index contributed by atoms with van der Waals surface area (Å²) in [6.45, 7) is 7.44. The van der Waals surface area contributed by atoms with Gasteiger partial charge in [0.15, 0.2) is 11.6 Å². The lowest BCUT2D eigenvalue weighted by molar-refractivity contribution is -0.183. The second-order valence-electron chi connectivity index (χ2n) is 6.11. The molecule has 0 aromatic carbocycles. The van der Waals surface area contributed by atoms with E-state index in [0.717, 1.165) is 0 Å². The van der Waals surface area contributed by atoms with Crippen LogP contribution >= 0.6 is 0 Å². The van der Waals surface area contributed by atoms with E-state index >= 15 is 0 Å². The van der Waals surface area contributed by atoms with Crippen molar-refractivity contribution in [1.82, 2.24) is 0 Å². The van der Waals surface area contributed by atoms with Crippen LogP contribution < -0.4 is 0 Å². The third-order valence-corrected chi connectivity index (χ3v) is 3.71. The molecule has 0 radical (unpaired) electrons. The maximum atomic E-state index is 9.63. The molecule has 0 bridgehead atoms. The first kappa shape index (κ1) is 11.9. The van der Waals surface area contributed by atoms with Gasteiger partial charge in [0.1, 0.15) is 17.8 Å². The van der Waals surface area contributed by atoms with Gasteiger partial charge in [0.2, 0.25) is 0 Å². The molecule has 0 aromatic rings. The summed E-state index contributed by atoms with van der Waals surface area (Å²) in [5.41, 5.74) is -0.671. The molecule has 98 valence electrons. The molecule has 2 saturated heterocycles. The molecule has 3 fully saturated rings.